The average Bonchev–Trinajstić information content (AvgIpc) is 2.36. The molecule has 4 heteroatoms. The Bertz CT molecular complexity index is 366. The van der Waals surface area contributed by atoms with Crippen LogP contribution in [0.3, 0.4) is 0 Å². The molecule has 1 aromatic rings. The molecule has 1 saturated heterocycles. The van der Waals surface area contributed by atoms with E-state index in [-0.39, 0.29) is 18.6 Å². The Labute approximate surface area is 101 Å². The van der Waals surface area contributed by atoms with E-state index in [1.165, 1.54) is 0 Å². The highest BCUT2D eigenvalue weighted by Gasteiger charge is 2.25. The molecule has 1 unspecified atom stereocenters. The lowest BCUT2D eigenvalue weighted by Gasteiger charge is -2.32. The number of benzene rings is 1. The minimum absolute atomic E-state index is 0.0181. The number of ether oxygens (including phenoxy) is 2. The molecule has 2 rings (SSSR count). The molecule has 1 aliphatic rings. The molecule has 0 N–H and O–H groups in total. The lowest BCUT2D eigenvalue weighted by molar-refractivity contribution is -0.148. The second-order valence-electron chi connectivity index (χ2n) is 4.17. The third-order valence-electron chi connectivity index (χ3n) is 2.90. The van der Waals surface area contributed by atoms with Crippen LogP contribution in [-0.2, 0) is 20.9 Å². The second kappa shape index (κ2) is 5.80. The Morgan fingerprint density at radius 3 is 2.94 bits per heavy atom. The van der Waals surface area contributed by atoms with Gasteiger partial charge in [0.1, 0.15) is 6.61 Å². The normalized spacial score (nSPS) is 20.6. The van der Waals surface area contributed by atoms with Crippen molar-refractivity contribution in [1.82, 2.24) is 4.90 Å². The summed E-state index contributed by atoms with van der Waals surface area (Å²) in [6.07, 6.45) is 0. The van der Waals surface area contributed by atoms with E-state index in [0.717, 1.165) is 5.56 Å². The second-order valence-corrected chi connectivity index (χ2v) is 4.17. The van der Waals surface area contributed by atoms with Crippen molar-refractivity contribution in [3.05, 3.63) is 35.9 Å². The Balaban J connectivity index is 1.76. The minimum atomic E-state index is 0.0181. The van der Waals surface area contributed by atoms with Crippen LogP contribution in [0.2, 0.25) is 0 Å². The zero-order valence-electron chi connectivity index (χ0n) is 9.96. The molecular formula is C13H17NO3. The van der Waals surface area contributed by atoms with E-state index >= 15 is 0 Å². The minimum Gasteiger partial charge on any atom is -0.375 e. The first-order chi connectivity index (χ1) is 8.27. The van der Waals surface area contributed by atoms with Gasteiger partial charge in [-0.2, -0.15) is 0 Å². The number of nitrogens with zero attached hydrogens (tertiary/aromatic N) is 1. The first-order valence-corrected chi connectivity index (χ1v) is 5.72. The molecule has 0 bridgehead atoms. The van der Waals surface area contributed by atoms with Crippen LogP contribution < -0.4 is 0 Å². The maximum absolute atomic E-state index is 11.4. The van der Waals surface area contributed by atoms with E-state index in [1.54, 1.807) is 11.9 Å². The molecular weight excluding hydrogens is 218 g/mol. The smallest absolute Gasteiger partial charge is 0.248 e. The maximum atomic E-state index is 11.4. The topological polar surface area (TPSA) is 38.8 Å². The summed E-state index contributed by atoms with van der Waals surface area (Å²) in [6, 6.07) is 10.0. The van der Waals surface area contributed by atoms with Gasteiger partial charge in [0.05, 0.1) is 25.9 Å². The largest absolute Gasteiger partial charge is 0.375 e. The van der Waals surface area contributed by atoms with Gasteiger partial charge in [0.15, 0.2) is 0 Å². The van der Waals surface area contributed by atoms with Gasteiger partial charge in [0.2, 0.25) is 5.91 Å². The Morgan fingerprint density at radius 1 is 1.41 bits per heavy atom. The maximum Gasteiger partial charge on any atom is 0.248 e. The number of carbonyl (C=O) groups is 1. The number of carbonyl (C=O) groups excluding carboxylic acids is 1. The van der Waals surface area contributed by atoms with Gasteiger partial charge in [0, 0.05) is 7.05 Å². The Morgan fingerprint density at radius 2 is 2.18 bits per heavy atom. The third-order valence-corrected chi connectivity index (χ3v) is 2.90. The van der Waals surface area contributed by atoms with Crippen molar-refractivity contribution in [1.29, 1.82) is 0 Å². The number of rotatable bonds is 4. The first kappa shape index (κ1) is 12.1. The zero-order valence-corrected chi connectivity index (χ0v) is 9.96. The van der Waals surface area contributed by atoms with Crippen molar-refractivity contribution < 1.29 is 14.3 Å². The standard InChI is InChI=1S/C13H17NO3/c1-14-12(9-17-10-13(14)15)8-16-7-11-5-3-2-4-6-11/h2-6,12H,7-10H2,1H3. The molecule has 0 spiro atoms. The number of likely N-dealkylation sites (N-methyl/N-ethyl adjacent to an activating group) is 1. The van der Waals surface area contributed by atoms with Crippen molar-refractivity contribution in [2.24, 2.45) is 0 Å². The summed E-state index contributed by atoms with van der Waals surface area (Å²) in [7, 11) is 1.79. The van der Waals surface area contributed by atoms with Gasteiger partial charge >= 0.3 is 0 Å². The SMILES string of the molecule is CN1C(=O)COCC1COCc1ccccc1. The predicted molar refractivity (Wildman–Crippen MR) is 63.5 cm³/mol. The fourth-order valence-electron chi connectivity index (χ4n) is 1.75. The van der Waals surface area contributed by atoms with Crippen LogP contribution in [0.4, 0.5) is 0 Å². The van der Waals surface area contributed by atoms with Crippen molar-refractivity contribution in [3.8, 4) is 0 Å². The van der Waals surface area contributed by atoms with Crippen LogP contribution in [0.15, 0.2) is 30.3 Å². The molecule has 0 aliphatic carbocycles. The molecule has 1 atom stereocenters. The summed E-state index contributed by atoms with van der Waals surface area (Å²) < 4.78 is 10.8. The van der Waals surface area contributed by atoms with Crippen LogP contribution in [0.25, 0.3) is 0 Å². The first-order valence-electron chi connectivity index (χ1n) is 5.72. The summed E-state index contributed by atoms with van der Waals surface area (Å²) in [5.41, 5.74) is 1.14. The fraction of sp³-hybridized carbons (Fsp3) is 0.462. The Hall–Kier alpha value is -1.39. The van der Waals surface area contributed by atoms with Crippen LogP contribution >= 0.6 is 0 Å². The van der Waals surface area contributed by atoms with Gasteiger partial charge in [-0.15, -0.1) is 0 Å². The molecule has 1 aliphatic heterocycles. The summed E-state index contributed by atoms with van der Waals surface area (Å²) >= 11 is 0. The molecule has 4 nitrogen and oxygen atoms in total. The van der Waals surface area contributed by atoms with Crippen molar-refractivity contribution in [3.63, 3.8) is 0 Å². The van der Waals surface area contributed by atoms with Crippen molar-refractivity contribution >= 4 is 5.91 Å². The summed E-state index contributed by atoms with van der Waals surface area (Å²) in [5, 5.41) is 0. The van der Waals surface area contributed by atoms with E-state index in [0.29, 0.717) is 19.8 Å². The molecule has 1 fully saturated rings. The lowest BCUT2D eigenvalue weighted by atomic mass is 10.2. The van der Waals surface area contributed by atoms with Gasteiger partial charge in [0.25, 0.3) is 0 Å². The lowest BCUT2D eigenvalue weighted by Crippen LogP contribution is -2.49. The highest BCUT2D eigenvalue weighted by atomic mass is 16.5. The average molecular weight is 235 g/mol. The molecule has 1 heterocycles. The Kier molecular flexibility index (Phi) is 4.12. The van der Waals surface area contributed by atoms with Crippen LogP contribution in [0.5, 0.6) is 0 Å². The molecule has 1 aromatic carbocycles. The quantitative estimate of drug-likeness (QED) is 0.783. The van der Waals surface area contributed by atoms with Gasteiger partial charge in [-0.25, -0.2) is 0 Å². The van der Waals surface area contributed by atoms with Crippen molar-refractivity contribution in [2.45, 2.75) is 12.6 Å². The molecule has 17 heavy (non-hydrogen) atoms. The van der Waals surface area contributed by atoms with Crippen LogP contribution in [-0.4, -0.2) is 43.7 Å². The highest BCUT2D eigenvalue weighted by Crippen LogP contribution is 2.07. The van der Waals surface area contributed by atoms with Crippen LogP contribution in [0.1, 0.15) is 5.56 Å². The molecule has 0 radical (unpaired) electrons. The van der Waals surface area contributed by atoms with E-state index < -0.39 is 0 Å². The summed E-state index contributed by atoms with van der Waals surface area (Å²) in [5.74, 6) is 0.0181. The van der Waals surface area contributed by atoms with E-state index in [4.69, 9.17) is 9.47 Å². The third kappa shape index (κ3) is 3.28. The fourth-order valence-corrected chi connectivity index (χ4v) is 1.75. The number of morpholine rings is 1. The van der Waals surface area contributed by atoms with Crippen LogP contribution in [0, 0.1) is 0 Å². The molecule has 0 saturated carbocycles. The van der Waals surface area contributed by atoms with Gasteiger partial charge < -0.3 is 14.4 Å². The molecule has 0 aromatic heterocycles. The van der Waals surface area contributed by atoms with Gasteiger partial charge in [-0.05, 0) is 5.56 Å². The predicted octanol–water partition coefficient (Wildman–Crippen LogP) is 1.06. The summed E-state index contributed by atoms with van der Waals surface area (Å²) in [4.78, 5) is 13.1. The monoisotopic (exact) mass is 235 g/mol. The van der Waals surface area contributed by atoms with Gasteiger partial charge in [-0.1, -0.05) is 30.3 Å². The molecule has 92 valence electrons. The summed E-state index contributed by atoms with van der Waals surface area (Å²) in [6.45, 7) is 1.82. The van der Waals surface area contributed by atoms with E-state index in [1.807, 2.05) is 30.3 Å². The van der Waals surface area contributed by atoms with E-state index in [9.17, 15) is 4.79 Å². The number of amides is 1. The van der Waals surface area contributed by atoms with Crippen molar-refractivity contribution in [2.75, 3.05) is 26.9 Å². The van der Waals surface area contributed by atoms with E-state index in [2.05, 4.69) is 0 Å². The number of hydrogen-bond acceptors (Lipinski definition) is 3. The van der Waals surface area contributed by atoms with Gasteiger partial charge in [-0.3, -0.25) is 4.79 Å². The highest BCUT2D eigenvalue weighted by molar-refractivity contribution is 5.78. The zero-order chi connectivity index (χ0) is 12.1. The number of hydrogen-bond donors (Lipinski definition) is 0. The molecule has 1 amide bonds.